The van der Waals surface area contributed by atoms with Gasteiger partial charge < -0.3 is 5.32 Å². The number of benzene rings is 3. The van der Waals surface area contributed by atoms with E-state index in [1.54, 1.807) is 48.5 Å². The highest BCUT2D eigenvalue weighted by Crippen LogP contribution is 2.22. The van der Waals surface area contributed by atoms with Crippen LogP contribution in [0.5, 0.6) is 0 Å². The summed E-state index contributed by atoms with van der Waals surface area (Å²) in [6, 6.07) is 23.4. The van der Waals surface area contributed by atoms with E-state index in [1.165, 1.54) is 16.9 Å². The molecule has 5 nitrogen and oxygen atoms in total. The minimum absolute atomic E-state index is 0.168. The molecule has 0 atom stereocenters. The number of nitrogens with one attached hydrogen (secondary N) is 1. The van der Waals surface area contributed by atoms with Gasteiger partial charge in [0.05, 0.1) is 10.6 Å². The van der Waals surface area contributed by atoms with Crippen molar-refractivity contribution in [1.82, 2.24) is 5.32 Å². The summed E-state index contributed by atoms with van der Waals surface area (Å²) in [5.41, 5.74) is 3.24. The molecule has 0 fully saturated rings. The Morgan fingerprint density at radius 3 is 2.17 bits per heavy atom. The summed E-state index contributed by atoms with van der Waals surface area (Å²) in [5, 5.41) is 2.91. The van der Waals surface area contributed by atoms with Crippen molar-refractivity contribution in [2.75, 3.05) is 17.9 Å². The molecule has 0 saturated carbocycles. The molecule has 0 bridgehead atoms. The molecule has 3 rings (SSSR count). The maximum absolute atomic E-state index is 12.8. The maximum Gasteiger partial charge on any atom is 0.264 e. The molecule has 3 aromatic carbocycles. The summed E-state index contributed by atoms with van der Waals surface area (Å²) in [5.74, 6) is -0.168. The van der Waals surface area contributed by atoms with E-state index >= 15 is 0 Å². The van der Waals surface area contributed by atoms with Gasteiger partial charge in [0, 0.05) is 19.2 Å². The summed E-state index contributed by atoms with van der Waals surface area (Å²) in [7, 11) is -2.15. The number of hydrogen-bond acceptors (Lipinski definition) is 3. The first-order valence-electron chi connectivity index (χ1n) is 9.86. The van der Waals surface area contributed by atoms with Crippen molar-refractivity contribution in [2.45, 2.75) is 24.7 Å². The SMILES string of the molecule is Cc1ccc(S(=O)(=O)N(C)c2ccc(C(=O)NCCCc3ccccc3)cc2)cc1. The number of sulfonamides is 1. The van der Waals surface area contributed by atoms with Crippen LogP contribution in [0.4, 0.5) is 5.69 Å². The van der Waals surface area contributed by atoms with E-state index < -0.39 is 10.0 Å². The largest absolute Gasteiger partial charge is 0.352 e. The van der Waals surface area contributed by atoms with Crippen molar-refractivity contribution in [3.8, 4) is 0 Å². The Balaban J connectivity index is 1.58. The quantitative estimate of drug-likeness (QED) is 0.554. The number of carbonyl (C=O) groups excluding carboxylic acids is 1. The molecule has 0 aliphatic rings. The molecule has 1 N–H and O–H groups in total. The lowest BCUT2D eigenvalue weighted by Gasteiger charge is -2.20. The van der Waals surface area contributed by atoms with Gasteiger partial charge in [0.25, 0.3) is 15.9 Å². The fraction of sp³-hybridized carbons (Fsp3) is 0.208. The molecule has 0 spiro atoms. The molecule has 30 heavy (non-hydrogen) atoms. The monoisotopic (exact) mass is 422 g/mol. The zero-order valence-electron chi connectivity index (χ0n) is 17.2. The molecule has 0 aliphatic heterocycles. The number of amides is 1. The van der Waals surface area contributed by atoms with Gasteiger partial charge >= 0.3 is 0 Å². The van der Waals surface area contributed by atoms with Crippen LogP contribution in [0.2, 0.25) is 0 Å². The van der Waals surface area contributed by atoms with Crippen LogP contribution in [0.25, 0.3) is 0 Å². The Hall–Kier alpha value is -3.12. The van der Waals surface area contributed by atoms with E-state index in [9.17, 15) is 13.2 Å². The lowest BCUT2D eigenvalue weighted by atomic mass is 10.1. The van der Waals surface area contributed by atoms with Gasteiger partial charge in [0.15, 0.2) is 0 Å². The van der Waals surface area contributed by atoms with Gasteiger partial charge in [-0.2, -0.15) is 0 Å². The molecule has 0 heterocycles. The summed E-state index contributed by atoms with van der Waals surface area (Å²) in [6.07, 6.45) is 1.76. The average molecular weight is 423 g/mol. The summed E-state index contributed by atoms with van der Waals surface area (Å²) in [6.45, 7) is 2.49. The Bertz CT molecular complexity index is 1080. The van der Waals surface area contributed by atoms with Crippen LogP contribution in [-0.2, 0) is 16.4 Å². The zero-order valence-corrected chi connectivity index (χ0v) is 18.0. The molecular weight excluding hydrogens is 396 g/mol. The standard InChI is InChI=1S/C24H26N2O3S/c1-19-10-16-23(17-11-19)30(28,29)26(2)22-14-12-21(13-15-22)24(27)25-18-6-9-20-7-4-3-5-8-20/h3-5,7-8,10-17H,6,9,18H2,1-2H3,(H,25,27). The minimum Gasteiger partial charge on any atom is -0.352 e. The lowest BCUT2D eigenvalue weighted by molar-refractivity contribution is 0.0953. The van der Waals surface area contributed by atoms with E-state index in [2.05, 4.69) is 17.4 Å². The summed E-state index contributed by atoms with van der Waals surface area (Å²) >= 11 is 0. The third kappa shape index (κ3) is 5.27. The van der Waals surface area contributed by atoms with Gasteiger partial charge in [0.2, 0.25) is 0 Å². The number of hydrogen-bond donors (Lipinski definition) is 1. The fourth-order valence-electron chi connectivity index (χ4n) is 3.07. The molecule has 6 heteroatoms. The molecule has 0 aromatic heterocycles. The van der Waals surface area contributed by atoms with Gasteiger partial charge in [-0.3, -0.25) is 9.10 Å². The van der Waals surface area contributed by atoms with Crippen molar-refractivity contribution in [3.63, 3.8) is 0 Å². The van der Waals surface area contributed by atoms with E-state index in [1.807, 2.05) is 25.1 Å². The first-order chi connectivity index (χ1) is 14.4. The normalized spacial score (nSPS) is 11.1. The van der Waals surface area contributed by atoms with E-state index in [0.717, 1.165) is 18.4 Å². The first kappa shape index (κ1) is 21.6. The van der Waals surface area contributed by atoms with E-state index in [0.29, 0.717) is 17.8 Å². The van der Waals surface area contributed by atoms with Crippen LogP contribution in [0.1, 0.15) is 27.9 Å². The van der Waals surface area contributed by atoms with Crippen LogP contribution in [0.15, 0.2) is 83.8 Å². The van der Waals surface area contributed by atoms with Crippen LogP contribution < -0.4 is 9.62 Å². The molecular formula is C24H26N2O3S. The second-order valence-electron chi connectivity index (χ2n) is 7.18. The Morgan fingerprint density at radius 1 is 0.900 bits per heavy atom. The van der Waals surface area contributed by atoms with Gasteiger partial charge in [-0.1, -0.05) is 48.0 Å². The molecule has 0 radical (unpaired) electrons. The molecule has 3 aromatic rings. The van der Waals surface area contributed by atoms with Gasteiger partial charge in [-0.05, 0) is 61.7 Å². The zero-order chi connectivity index (χ0) is 21.6. The fourth-order valence-corrected chi connectivity index (χ4v) is 4.27. The number of carbonyl (C=O) groups is 1. The number of aryl methyl sites for hydroxylation is 2. The van der Waals surface area contributed by atoms with Gasteiger partial charge in [-0.25, -0.2) is 8.42 Å². The number of anilines is 1. The average Bonchev–Trinajstić information content (AvgIpc) is 2.77. The van der Waals surface area contributed by atoms with Crippen molar-refractivity contribution in [1.29, 1.82) is 0 Å². The van der Waals surface area contributed by atoms with Gasteiger partial charge in [0.1, 0.15) is 0 Å². The van der Waals surface area contributed by atoms with Crippen LogP contribution in [-0.4, -0.2) is 27.9 Å². The third-order valence-corrected chi connectivity index (χ3v) is 6.74. The smallest absolute Gasteiger partial charge is 0.264 e. The van der Waals surface area contributed by atoms with E-state index in [4.69, 9.17) is 0 Å². The molecule has 0 unspecified atom stereocenters. The van der Waals surface area contributed by atoms with Gasteiger partial charge in [-0.15, -0.1) is 0 Å². The van der Waals surface area contributed by atoms with Crippen molar-refractivity contribution < 1.29 is 13.2 Å². The van der Waals surface area contributed by atoms with Crippen LogP contribution >= 0.6 is 0 Å². The number of rotatable bonds is 8. The maximum atomic E-state index is 12.8. The Labute approximate surface area is 178 Å². The van der Waals surface area contributed by atoms with Crippen LogP contribution in [0.3, 0.4) is 0 Å². The second kappa shape index (κ2) is 9.59. The topological polar surface area (TPSA) is 66.5 Å². The molecule has 0 saturated heterocycles. The Morgan fingerprint density at radius 2 is 1.53 bits per heavy atom. The highest BCUT2D eigenvalue weighted by atomic mass is 32.2. The highest BCUT2D eigenvalue weighted by Gasteiger charge is 2.21. The third-order valence-electron chi connectivity index (χ3n) is 4.94. The second-order valence-corrected chi connectivity index (χ2v) is 9.15. The molecule has 1 amide bonds. The lowest BCUT2D eigenvalue weighted by Crippen LogP contribution is -2.27. The molecule has 156 valence electrons. The summed E-state index contributed by atoms with van der Waals surface area (Å²) in [4.78, 5) is 12.6. The van der Waals surface area contributed by atoms with Crippen LogP contribution in [0, 0.1) is 6.92 Å². The van der Waals surface area contributed by atoms with E-state index in [-0.39, 0.29) is 10.8 Å². The first-order valence-corrected chi connectivity index (χ1v) is 11.3. The minimum atomic E-state index is -3.65. The van der Waals surface area contributed by atoms with Crippen molar-refractivity contribution in [3.05, 3.63) is 95.6 Å². The summed E-state index contributed by atoms with van der Waals surface area (Å²) < 4.78 is 26.8. The predicted molar refractivity (Wildman–Crippen MR) is 120 cm³/mol. The van der Waals surface area contributed by atoms with Crippen molar-refractivity contribution >= 4 is 21.6 Å². The highest BCUT2D eigenvalue weighted by molar-refractivity contribution is 7.92. The van der Waals surface area contributed by atoms with Crippen molar-refractivity contribution in [2.24, 2.45) is 0 Å². The molecule has 0 aliphatic carbocycles. The Kier molecular flexibility index (Phi) is 6.90. The predicted octanol–water partition coefficient (Wildman–Crippen LogP) is 4.18. The number of nitrogens with zero attached hydrogens (tertiary/aromatic N) is 1.